The van der Waals surface area contributed by atoms with Crippen LogP contribution in [-0.2, 0) is 4.74 Å². The summed E-state index contributed by atoms with van der Waals surface area (Å²) in [5, 5.41) is 7.82. The van der Waals surface area contributed by atoms with Gasteiger partial charge in [0, 0.05) is 5.69 Å². The minimum atomic E-state index is -0.755. The molecule has 12 heteroatoms. The zero-order valence-electron chi connectivity index (χ0n) is 21.3. The molecule has 3 amide bonds. The van der Waals surface area contributed by atoms with Crippen molar-refractivity contribution < 1.29 is 28.2 Å². The van der Waals surface area contributed by atoms with Crippen LogP contribution in [0.25, 0.3) is 0 Å². The average molecular weight is 530 g/mol. The second kappa shape index (κ2) is 11.3. The summed E-state index contributed by atoms with van der Waals surface area (Å²) in [7, 11) is 0. The van der Waals surface area contributed by atoms with E-state index >= 15 is 0 Å². The summed E-state index contributed by atoms with van der Waals surface area (Å²) in [6.07, 6.45) is 2.01. The van der Waals surface area contributed by atoms with Crippen LogP contribution in [0.3, 0.4) is 0 Å². The molecule has 0 atom stereocenters. The van der Waals surface area contributed by atoms with E-state index in [1.807, 2.05) is 13.8 Å². The fourth-order valence-corrected chi connectivity index (χ4v) is 3.67. The fraction of sp³-hybridized carbons (Fsp3) is 0.320. The first-order valence-corrected chi connectivity index (χ1v) is 12.1. The first-order valence-electron chi connectivity index (χ1n) is 11.3. The Kier molecular flexibility index (Phi) is 8.43. The number of halogens is 1. The van der Waals surface area contributed by atoms with Crippen LogP contribution in [0.4, 0.5) is 25.8 Å². The minimum Gasteiger partial charge on any atom is -0.489 e. The molecule has 0 fully saturated rings. The van der Waals surface area contributed by atoms with Gasteiger partial charge in [0.1, 0.15) is 27.9 Å². The Hall–Kier alpha value is -4.06. The van der Waals surface area contributed by atoms with Gasteiger partial charge in [-0.05, 0) is 71.4 Å². The maximum atomic E-state index is 14.6. The number of hydrogen-bond acceptors (Lipinski definition) is 8. The number of aryl methyl sites for hydroxylation is 1. The van der Waals surface area contributed by atoms with Crippen molar-refractivity contribution in [3.05, 3.63) is 58.5 Å². The monoisotopic (exact) mass is 529 g/mol. The Bertz CT molecular complexity index is 1300. The van der Waals surface area contributed by atoms with Gasteiger partial charge in [0.15, 0.2) is 5.13 Å². The van der Waals surface area contributed by atoms with Crippen LogP contribution in [-0.4, -0.2) is 39.6 Å². The van der Waals surface area contributed by atoms with Gasteiger partial charge in [-0.15, -0.1) is 0 Å². The number of anilines is 3. The lowest BCUT2D eigenvalue weighted by Crippen LogP contribution is -2.27. The highest BCUT2D eigenvalue weighted by Gasteiger charge is 2.20. The summed E-state index contributed by atoms with van der Waals surface area (Å²) >= 11 is 0.934. The lowest BCUT2D eigenvalue weighted by molar-refractivity contribution is 0.0635. The third kappa shape index (κ3) is 7.97. The number of benzene rings is 1. The first-order chi connectivity index (χ1) is 17.3. The summed E-state index contributed by atoms with van der Waals surface area (Å²) in [5.74, 6) is -1.29. The molecule has 0 radical (unpaired) electrons. The van der Waals surface area contributed by atoms with E-state index in [4.69, 9.17) is 9.47 Å². The molecule has 0 saturated carbocycles. The van der Waals surface area contributed by atoms with Crippen molar-refractivity contribution in [1.82, 2.24) is 9.97 Å². The number of rotatable bonds is 7. The predicted octanol–water partition coefficient (Wildman–Crippen LogP) is 5.62. The highest BCUT2D eigenvalue weighted by molar-refractivity contribution is 7.17. The molecule has 0 spiro atoms. The Labute approximate surface area is 217 Å². The third-order valence-electron chi connectivity index (χ3n) is 4.49. The summed E-state index contributed by atoms with van der Waals surface area (Å²) in [6.45, 7) is 10.5. The minimum absolute atomic E-state index is 0.0321. The van der Waals surface area contributed by atoms with Gasteiger partial charge in [-0.3, -0.25) is 14.9 Å². The Morgan fingerprint density at radius 1 is 1.00 bits per heavy atom. The normalized spacial score (nSPS) is 11.1. The molecule has 2 aromatic heterocycles. The van der Waals surface area contributed by atoms with Gasteiger partial charge in [0.25, 0.3) is 11.8 Å². The van der Waals surface area contributed by atoms with Crippen molar-refractivity contribution >= 4 is 45.9 Å². The Balaban J connectivity index is 1.70. The van der Waals surface area contributed by atoms with Gasteiger partial charge in [0.05, 0.1) is 24.1 Å². The van der Waals surface area contributed by atoms with E-state index in [0.717, 1.165) is 17.4 Å². The van der Waals surface area contributed by atoms with Crippen LogP contribution in [0.1, 0.15) is 60.2 Å². The van der Waals surface area contributed by atoms with Crippen molar-refractivity contribution in [1.29, 1.82) is 0 Å². The number of thiazole rings is 1. The molecule has 0 saturated heterocycles. The maximum Gasteiger partial charge on any atom is 0.413 e. The lowest BCUT2D eigenvalue weighted by atomic mass is 10.1. The molecule has 0 bridgehead atoms. The second-order valence-corrected chi connectivity index (χ2v) is 10.3. The predicted molar refractivity (Wildman–Crippen MR) is 139 cm³/mol. The highest BCUT2D eigenvalue weighted by Crippen LogP contribution is 2.25. The molecule has 3 rings (SSSR count). The van der Waals surface area contributed by atoms with E-state index < -0.39 is 29.3 Å². The van der Waals surface area contributed by atoms with Crippen LogP contribution < -0.4 is 20.7 Å². The van der Waals surface area contributed by atoms with Gasteiger partial charge in [-0.2, -0.15) is 0 Å². The van der Waals surface area contributed by atoms with E-state index in [9.17, 15) is 18.8 Å². The number of ether oxygens (including phenoxy) is 2. The van der Waals surface area contributed by atoms with Gasteiger partial charge in [-0.25, -0.2) is 19.2 Å². The standard InChI is InChI=1S/C25H28FN5O5S/c1-13(2)35-15-7-8-20(27-11-15)30-21(32)16-10-18(14(3)9-17(16)26)29-22(33)19-12-28-23(37-19)31-24(34)36-25(4,5)6/h7-13H,1-6H3,(H,29,33)(H,27,30,32)(H,28,31,34). The van der Waals surface area contributed by atoms with Crippen LogP contribution in [0, 0.1) is 12.7 Å². The molecule has 37 heavy (non-hydrogen) atoms. The zero-order valence-corrected chi connectivity index (χ0v) is 22.1. The number of carbonyl (C=O) groups excluding carboxylic acids is 3. The molecule has 0 aliphatic rings. The molecule has 0 aliphatic heterocycles. The molecule has 0 unspecified atom stereocenters. The van der Waals surface area contributed by atoms with Crippen LogP contribution in [0.15, 0.2) is 36.7 Å². The molecule has 3 N–H and O–H groups in total. The molecule has 1 aromatic carbocycles. The first kappa shape index (κ1) is 27.5. The quantitative estimate of drug-likeness (QED) is 0.362. The highest BCUT2D eigenvalue weighted by atomic mass is 32.1. The van der Waals surface area contributed by atoms with Crippen molar-refractivity contribution in [3.8, 4) is 5.75 Å². The molecular formula is C25H28FN5O5S. The molecule has 196 valence electrons. The zero-order chi connectivity index (χ0) is 27.3. The summed E-state index contributed by atoms with van der Waals surface area (Å²) in [5.41, 5.74) is -0.317. The Morgan fingerprint density at radius 3 is 2.35 bits per heavy atom. The van der Waals surface area contributed by atoms with Crippen LogP contribution in [0.5, 0.6) is 5.75 Å². The van der Waals surface area contributed by atoms with Crippen molar-refractivity contribution in [3.63, 3.8) is 0 Å². The van der Waals surface area contributed by atoms with Crippen LogP contribution in [0.2, 0.25) is 0 Å². The largest absolute Gasteiger partial charge is 0.489 e. The molecular weight excluding hydrogens is 501 g/mol. The number of nitrogens with zero attached hydrogens (tertiary/aromatic N) is 2. The van der Waals surface area contributed by atoms with E-state index in [-0.39, 0.29) is 33.2 Å². The van der Waals surface area contributed by atoms with E-state index in [2.05, 4.69) is 25.9 Å². The van der Waals surface area contributed by atoms with Crippen molar-refractivity contribution in [2.24, 2.45) is 0 Å². The summed E-state index contributed by atoms with van der Waals surface area (Å²) in [6, 6.07) is 5.58. The number of pyridine rings is 1. The van der Waals surface area contributed by atoms with Crippen LogP contribution >= 0.6 is 11.3 Å². The number of hydrogen-bond donors (Lipinski definition) is 3. The SMILES string of the molecule is Cc1cc(F)c(C(=O)Nc2ccc(OC(C)C)cn2)cc1NC(=O)c1cnc(NC(=O)OC(C)(C)C)s1. The Morgan fingerprint density at radius 2 is 1.73 bits per heavy atom. The smallest absolute Gasteiger partial charge is 0.413 e. The van der Waals surface area contributed by atoms with Gasteiger partial charge < -0.3 is 20.1 Å². The lowest BCUT2D eigenvalue weighted by Gasteiger charge is -2.18. The average Bonchev–Trinajstić information content (AvgIpc) is 3.23. The molecule has 2 heterocycles. The number of aromatic nitrogens is 2. The van der Waals surface area contributed by atoms with Gasteiger partial charge in [-0.1, -0.05) is 11.3 Å². The fourth-order valence-electron chi connectivity index (χ4n) is 2.97. The van der Waals surface area contributed by atoms with Crippen molar-refractivity contribution in [2.45, 2.75) is 53.2 Å². The van der Waals surface area contributed by atoms with E-state index in [1.54, 1.807) is 33.8 Å². The van der Waals surface area contributed by atoms with E-state index in [0.29, 0.717) is 11.3 Å². The maximum absolute atomic E-state index is 14.6. The molecule has 10 nitrogen and oxygen atoms in total. The molecule has 3 aromatic rings. The number of carbonyl (C=O) groups is 3. The summed E-state index contributed by atoms with van der Waals surface area (Å²) in [4.78, 5) is 45.7. The summed E-state index contributed by atoms with van der Waals surface area (Å²) < 4.78 is 25.3. The molecule has 0 aliphatic carbocycles. The second-order valence-electron chi connectivity index (χ2n) is 9.26. The van der Waals surface area contributed by atoms with E-state index in [1.165, 1.54) is 24.5 Å². The van der Waals surface area contributed by atoms with Gasteiger partial charge >= 0.3 is 6.09 Å². The van der Waals surface area contributed by atoms with Gasteiger partial charge in [0.2, 0.25) is 0 Å². The number of nitrogens with one attached hydrogen (secondary N) is 3. The number of amides is 3. The third-order valence-corrected chi connectivity index (χ3v) is 5.41. The topological polar surface area (TPSA) is 132 Å². The van der Waals surface area contributed by atoms with Crippen molar-refractivity contribution in [2.75, 3.05) is 16.0 Å².